The Balaban J connectivity index is 2.01. The van der Waals surface area contributed by atoms with E-state index in [1.54, 1.807) is 50.0 Å². The molecule has 0 radical (unpaired) electrons. The summed E-state index contributed by atoms with van der Waals surface area (Å²) < 4.78 is 48.0. The molecule has 0 aliphatic carbocycles. The Morgan fingerprint density at radius 3 is 2.39 bits per heavy atom. The zero-order valence-corrected chi connectivity index (χ0v) is 19.8. The molecule has 8 nitrogen and oxygen atoms in total. The fraction of sp³-hybridized carbons (Fsp3) is 0.304. The highest BCUT2D eigenvalue weighted by Crippen LogP contribution is 2.29. The predicted octanol–water partition coefficient (Wildman–Crippen LogP) is 3.12. The van der Waals surface area contributed by atoms with E-state index in [0.717, 1.165) is 0 Å². The third-order valence-electron chi connectivity index (χ3n) is 5.34. The molecule has 1 aromatic heterocycles. The maximum atomic E-state index is 13.5. The zero-order valence-electron chi connectivity index (χ0n) is 18.9. The number of halogens is 1. The van der Waals surface area contributed by atoms with Crippen molar-refractivity contribution in [3.63, 3.8) is 0 Å². The van der Waals surface area contributed by atoms with Crippen molar-refractivity contribution in [1.82, 2.24) is 19.2 Å². The largest absolute Gasteiger partial charge is 0.495 e. The van der Waals surface area contributed by atoms with Crippen LogP contribution in [-0.4, -0.2) is 48.4 Å². The molecule has 10 heteroatoms. The normalized spacial score (nSPS) is 12.5. The second-order valence-electron chi connectivity index (χ2n) is 7.31. The Labute approximate surface area is 193 Å². The van der Waals surface area contributed by atoms with Crippen molar-refractivity contribution in [2.75, 3.05) is 20.2 Å². The van der Waals surface area contributed by atoms with Gasteiger partial charge >= 0.3 is 0 Å². The van der Waals surface area contributed by atoms with Gasteiger partial charge in [-0.1, -0.05) is 26.0 Å². The molecule has 33 heavy (non-hydrogen) atoms. The molecular formula is C23H27FN4O4S. The highest BCUT2D eigenvalue weighted by atomic mass is 32.2. The lowest BCUT2D eigenvalue weighted by Crippen LogP contribution is -2.32. The number of rotatable bonds is 9. The van der Waals surface area contributed by atoms with Crippen molar-refractivity contribution < 1.29 is 22.3 Å². The van der Waals surface area contributed by atoms with Gasteiger partial charge in [-0.3, -0.25) is 4.79 Å². The summed E-state index contributed by atoms with van der Waals surface area (Å²) >= 11 is 0. The van der Waals surface area contributed by atoms with Crippen LogP contribution in [0, 0.1) is 5.82 Å². The fourth-order valence-electron chi connectivity index (χ4n) is 3.54. The summed E-state index contributed by atoms with van der Waals surface area (Å²) in [6.07, 6.45) is 3.33. The zero-order chi connectivity index (χ0) is 24.2. The number of hydrogen-bond acceptors (Lipinski definition) is 5. The van der Waals surface area contributed by atoms with E-state index in [1.165, 1.54) is 41.7 Å². The first kappa shape index (κ1) is 24.4. The van der Waals surface area contributed by atoms with E-state index in [4.69, 9.17) is 4.74 Å². The molecule has 1 unspecified atom stereocenters. The summed E-state index contributed by atoms with van der Waals surface area (Å²) in [6, 6.07) is 9.33. The van der Waals surface area contributed by atoms with Crippen molar-refractivity contribution in [3.8, 4) is 5.75 Å². The molecule has 0 bridgehead atoms. The summed E-state index contributed by atoms with van der Waals surface area (Å²) in [5.74, 6) is -0.215. The summed E-state index contributed by atoms with van der Waals surface area (Å²) in [5, 5.41) is 2.89. The molecule has 2 aromatic carbocycles. The van der Waals surface area contributed by atoms with Crippen molar-refractivity contribution in [1.29, 1.82) is 0 Å². The number of nitrogens with one attached hydrogen (secondary N) is 1. The first-order valence-corrected chi connectivity index (χ1v) is 11.9. The van der Waals surface area contributed by atoms with Crippen molar-refractivity contribution in [3.05, 3.63) is 77.6 Å². The van der Waals surface area contributed by atoms with E-state index in [2.05, 4.69) is 10.3 Å². The Kier molecular flexibility index (Phi) is 7.50. The number of benzene rings is 2. The molecule has 1 N–H and O–H groups in total. The van der Waals surface area contributed by atoms with Crippen molar-refractivity contribution >= 4 is 15.9 Å². The van der Waals surface area contributed by atoms with Gasteiger partial charge in [-0.2, -0.15) is 4.31 Å². The monoisotopic (exact) mass is 474 g/mol. The van der Waals surface area contributed by atoms with E-state index in [1.807, 2.05) is 0 Å². The van der Waals surface area contributed by atoms with Gasteiger partial charge in [0.25, 0.3) is 5.91 Å². The minimum absolute atomic E-state index is 0.0864. The lowest BCUT2D eigenvalue weighted by molar-refractivity contribution is 0.0941. The van der Waals surface area contributed by atoms with Gasteiger partial charge in [0.15, 0.2) is 0 Å². The molecule has 0 fully saturated rings. The van der Waals surface area contributed by atoms with E-state index < -0.39 is 27.8 Å². The number of carbonyl (C=O) groups is 1. The van der Waals surface area contributed by atoms with Gasteiger partial charge < -0.3 is 14.6 Å². The number of aryl methyl sites for hydroxylation is 1. The molecule has 0 aliphatic rings. The molecule has 176 valence electrons. The second-order valence-corrected chi connectivity index (χ2v) is 9.22. The third-order valence-corrected chi connectivity index (χ3v) is 7.42. The van der Waals surface area contributed by atoms with Crippen LogP contribution in [0.1, 0.15) is 41.6 Å². The average molecular weight is 475 g/mol. The average Bonchev–Trinajstić information content (AvgIpc) is 3.23. The van der Waals surface area contributed by atoms with E-state index in [9.17, 15) is 17.6 Å². The van der Waals surface area contributed by atoms with Crippen LogP contribution >= 0.6 is 0 Å². The van der Waals surface area contributed by atoms with E-state index >= 15 is 0 Å². The van der Waals surface area contributed by atoms with Gasteiger partial charge in [0.05, 0.1) is 7.11 Å². The number of nitrogens with zero attached hydrogens (tertiary/aromatic N) is 3. The molecule has 1 atom stereocenters. The van der Waals surface area contributed by atoms with E-state index in [-0.39, 0.29) is 29.3 Å². The van der Waals surface area contributed by atoms with Gasteiger partial charge in [-0.15, -0.1) is 0 Å². The fourth-order valence-corrected chi connectivity index (χ4v) is 5.18. The quantitative estimate of drug-likeness (QED) is 0.514. The van der Waals surface area contributed by atoms with Crippen LogP contribution < -0.4 is 10.1 Å². The van der Waals surface area contributed by atoms with Crippen LogP contribution in [0.2, 0.25) is 0 Å². The Hall–Kier alpha value is -3.24. The number of ether oxygens (including phenoxy) is 1. The third kappa shape index (κ3) is 5.07. The molecule has 1 heterocycles. The van der Waals surface area contributed by atoms with Crippen LogP contribution in [0.3, 0.4) is 0 Å². The van der Waals surface area contributed by atoms with Crippen LogP contribution in [0.15, 0.2) is 59.8 Å². The van der Waals surface area contributed by atoms with Crippen molar-refractivity contribution in [2.24, 2.45) is 7.05 Å². The Morgan fingerprint density at radius 2 is 1.85 bits per heavy atom. The molecule has 3 aromatic rings. The molecule has 3 rings (SSSR count). The SMILES string of the molecule is CCN(CC)S(=O)(=O)c1cc(C(=O)NC(c2ccc(F)cc2)c2nccn2C)ccc1OC. The van der Waals surface area contributed by atoms with Crippen molar-refractivity contribution in [2.45, 2.75) is 24.8 Å². The maximum Gasteiger partial charge on any atom is 0.252 e. The minimum atomic E-state index is -3.87. The first-order valence-electron chi connectivity index (χ1n) is 10.4. The minimum Gasteiger partial charge on any atom is -0.495 e. The summed E-state index contributed by atoms with van der Waals surface area (Å²) in [6.45, 7) is 4.04. The van der Waals surface area contributed by atoms with Gasteiger partial charge in [-0.25, -0.2) is 17.8 Å². The molecular weight excluding hydrogens is 447 g/mol. The number of imidazole rings is 1. The highest BCUT2D eigenvalue weighted by molar-refractivity contribution is 7.89. The van der Waals surface area contributed by atoms with Gasteiger partial charge in [0.2, 0.25) is 10.0 Å². The number of carbonyl (C=O) groups excluding carboxylic acids is 1. The second kappa shape index (κ2) is 10.1. The number of methoxy groups -OCH3 is 1. The summed E-state index contributed by atoms with van der Waals surface area (Å²) in [5.41, 5.74) is 0.770. The molecule has 0 saturated carbocycles. The van der Waals surface area contributed by atoms with Gasteiger partial charge in [-0.05, 0) is 35.9 Å². The lowest BCUT2D eigenvalue weighted by Gasteiger charge is -2.21. The topological polar surface area (TPSA) is 93.5 Å². The summed E-state index contributed by atoms with van der Waals surface area (Å²) in [7, 11) is -0.703. The molecule has 1 amide bonds. The Bertz CT molecular complexity index is 1220. The predicted molar refractivity (Wildman–Crippen MR) is 122 cm³/mol. The standard InChI is InChI=1S/C23H27FN4O4S/c1-5-28(6-2)33(30,31)20-15-17(9-12-19(20)32-4)23(29)26-21(22-25-13-14-27(22)3)16-7-10-18(24)11-8-16/h7-15,21H,5-6H2,1-4H3,(H,26,29). The Morgan fingerprint density at radius 1 is 1.18 bits per heavy atom. The first-order chi connectivity index (χ1) is 15.7. The van der Waals surface area contributed by atoms with Crippen LogP contribution in [0.5, 0.6) is 5.75 Å². The molecule has 0 saturated heterocycles. The van der Waals surface area contributed by atoms with Gasteiger partial charge in [0, 0.05) is 38.1 Å². The van der Waals surface area contributed by atoms with Crippen LogP contribution in [-0.2, 0) is 17.1 Å². The number of amides is 1. The van der Waals surface area contributed by atoms with Crippen LogP contribution in [0.4, 0.5) is 4.39 Å². The maximum absolute atomic E-state index is 13.5. The lowest BCUT2D eigenvalue weighted by atomic mass is 10.1. The van der Waals surface area contributed by atoms with Gasteiger partial charge in [0.1, 0.15) is 28.3 Å². The molecule has 0 spiro atoms. The molecule has 0 aliphatic heterocycles. The highest BCUT2D eigenvalue weighted by Gasteiger charge is 2.28. The number of aromatic nitrogens is 2. The summed E-state index contributed by atoms with van der Waals surface area (Å²) in [4.78, 5) is 17.5. The van der Waals surface area contributed by atoms with E-state index in [0.29, 0.717) is 11.4 Å². The number of sulfonamides is 1. The number of hydrogen-bond donors (Lipinski definition) is 1. The van der Waals surface area contributed by atoms with Crippen LogP contribution in [0.25, 0.3) is 0 Å². The smallest absolute Gasteiger partial charge is 0.252 e.